The van der Waals surface area contributed by atoms with Gasteiger partial charge < -0.3 is 0 Å². The van der Waals surface area contributed by atoms with E-state index in [-0.39, 0.29) is 18.7 Å². The van der Waals surface area contributed by atoms with Gasteiger partial charge in [0.05, 0.1) is 16.6 Å². The predicted octanol–water partition coefficient (Wildman–Crippen LogP) is -0.561. The number of nitrogens with zero attached hydrogens (tertiary/aromatic N) is 1. The molecule has 0 spiro atoms. The number of imide groups is 2. The molecule has 3 rings (SSSR count). The summed E-state index contributed by atoms with van der Waals surface area (Å²) in [5.74, 6) is -1.94. The normalized spacial score (nSPS) is 25.6. The van der Waals surface area contributed by atoms with Gasteiger partial charge in [-0.1, -0.05) is 12.1 Å². The minimum Gasteiger partial charge on any atom is -0.295 e. The van der Waals surface area contributed by atoms with E-state index in [0.717, 1.165) is 4.90 Å². The van der Waals surface area contributed by atoms with E-state index in [0.29, 0.717) is 17.5 Å². The first-order valence-corrected chi connectivity index (χ1v) is 6.77. The molecule has 6 nitrogen and oxygen atoms in total. The molecule has 0 radical (unpaired) electrons. The Bertz CT molecular complexity index is 652. The maximum atomic E-state index is 12.5. The molecular weight excluding hydrogens is 271 g/mol. The lowest BCUT2D eigenvalue weighted by Crippen LogP contribution is -2.61. The van der Waals surface area contributed by atoms with Gasteiger partial charge in [0, 0.05) is 6.42 Å². The van der Waals surface area contributed by atoms with E-state index in [4.69, 9.17) is 0 Å². The average Bonchev–Trinajstić information content (AvgIpc) is 2.63. The Morgan fingerprint density at radius 2 is 1.62 bits per heavy atom. The number of benzene rings is 1. The standard InChI is InChI=1S/C14H13BN2O4/c15-14(7-3-6-10(18)16-13(14)21)17-11(19)8-4-1-2-5-9(8)12(17)20/h1-2,4-5H,3,6-7,15H2,(H,16,18,21)/t14-/m1/s1. The Hall–Kier alpha value is -2.44. The monoisotopic (exact) mass is 284 g/mol. The van der Waals surface area contributed by atoms with Gasteiger partial charge >= 0.3 is 0 Å². The summed E-state index contributed by atoms with van der Waals surface area (Å²) in [7, 11) is 1.53. The van der Waals surface area contributed by atoms with E-state index in [1.807, 2.05) is 0 Å². The molecule has 0 bridgehead atoms. The molecule has 0 saturated carbocycles. The molecule has 0 aliphatic carbocycles. The summed E-state index contributed by atoms with van der Waals surface area (Å²) in [4.78, 5) is 49.7. The molecular formula is C14H13BN2O4. The summed E-state index contributed by atoms with van der Waals surface area (Å²) >= 11 is 0. The molecule has 1 saturated heterocycles. The maximum Gasteiger partial charge on any atom is 0.261 e. The van der Waals surface area contributed by atoms with E-state index in [1.54, 1.807) is 24.3 Å². The van der Waals surface area contributed by atoms with Gasteiger partial charge in [0.25, 0.3) is 11.8 Å². The van der Waals surface area contributed by atoms with Crippen molar-refractivity contribution in [2.45, 2.75) is 24.7 Å². The highest BCUT2D eigenvalue weighted by Gasteiger charge is 2.51. The lowest BCUT2D eigenvalue weighted by atomic mass is 9.72. The number of amides is 4. The van der Waals surface area contributed by atoms with Crippen molar-refractivity contribution in [2.75, 3.05) is 0 Å². The molecule has 21 heavy (non-hydrogen) atoms. The van der Waals surface area contributed by atoms with Crippen LogP contribution in [0.4, 0.5) is 0 Å². The molecule has 0 aromatic heterocycles. The Labute approximate surface area is 121 Å². The number of nitrogens with one attached hydrogen (secondary N) is 1. The third-order valence-corrected chi connectivity index (χ3v) is 4.10. The van der Waals surface area contributed by atoms with Gasteiger partial charge in [0.1, 0.15) is 7.85 Å². The van der Waals surface area contributed by atoms with Crippen LogP contribution in [0.2, 0.25) is 0 Å². The smallest absolute Gasteiger partial charge is 0.261 e. The van der Waals surface area contributed by atoms with Crippen molar-refractivity contribution in [1.82, 2.24) is 10.2 Å². The highest BCUT2D eigenvalue weighted by atomic mass is 16.2. The quantitative estimate of drug-likeness (QED) is 0.553. The molecule has 1 atom stereocenters. The number of carbonyl (C=O) groups is 4. The van der Waals surface area contributed by atoms with Crippen LogP contribution in [-0.4, -0.2) is 41.8 Å². The van der Waals surface area contributed by atoms with Gasteiger partial charge in [-0.25, -0.2) is 0 Å². The summed E-state index contributed by atoms with van der Waals surface area (Å²) in [5.41, 5.74) is -0.738. The number of hydrogen-bond acceptors (Lipinski definition) is 4. The second-order valence-corrected chi connectivity index (χ2v) is 5.50. The van der Waals surface area contributed by atoms with Crippen molar-refractivity contribution in [2.24, 2.45) is 0 Å². The summed E-state index contributed by atoms with van der Waals surface area (Å²) in [6.45, 7) is 0. The largest absolute Gasteiger partial charge is 0.295 e. The van der Waals surface area contributed by atoms with Gasteiger partial charge in [0.2, 0.25) is 11.8 Å². The molecule has 2 aliphatic rings. The highest BCUT2D eigenvalue weighted by molar-refractivity contribution is 6.36. The Morgan fingerprint density at radius 3 is 2.19 bits per heavy atom. The van der Waals surface area contributed by atoms with E-state index in [1.165, 1.54) is 7.85 Å². The Kier molecular flexibility index (Phi) is 2.93. The van der Waals surface area contributed by atoms with Crippen LogP contribution in [0, 0.1) is 0 Å². The molecule has 1 fully saturated rings. The molecule has 0 unspecified atom stereocenters. The zero-order chi connectivity index (χ0) is 15.2. The van der Waals surface area contributed by atoms with Crippen molar-refractivity contribution in [3.05, 3.63) is 35.4 Å². The molecule has 2 heterocycles. The fourth-order valence-electron chi connectivity index (χ4n) is 2.88. The molecule has 1 N–H and O–H groups in total. The Balaban J connectivity index is 2.05. The van der Waals surface area contributed by atoms with Gasteiger partial charge in [-0.05, 0) is 25.0 Å². The molecule has 4 amide bonds. The van der Waals surface area contributed by atoms with Crippen molar-refractivity contribution in [1.29, 1.82) is 0 Å². The minimum absolute atomic E-state index is 0.213. The van der Waals surface area contributed by atoms with Crippen LogP contribution in [0.5, 0.6) is 0 Å². The number of fused-ring (bicyclic) bond motifs is 1. The SMILES string of the molecule is B[C@@]1(N2C(=O)c3ccccc3C2=O)CCCC(=O)NC1=O. The van der Waals surface area contributed by atoms with E-state index < -0.39 is 23.2 Å². The van der Waals surface area contributed by atoms with Crippen LogP contribution in [0.15, 0.2) is 24.3 Å². The molecule has 106 valence electrons. The third-order valence-electron chi connectivity index (χ3n) is 4.10. The van der Waals surface area contributed by atoms with Gasteiger partial charge in [0.15, 0.2) is 0 Å². The van der Waals surface area contributed by atoms with E-state index in [9.17, 15) is 19.2 Å². The van der Waals surface area contributed by atoms with E-state index >= 15 is 0 Å². The summed E-state index contributed by atoms with van der Waals surface area (Å²) in [5, 5.41) is 2.25. The van der Waals surface area contributed by atoms with Crippen LogP contribution in [0.25, 0.3) is 0 Å². The number of hydrogen-bond donors (Lipinski definition) is 1. The van der Waals surface area contributed by atoms with Crippen LogP contribution in [-0.2, 0) is 9.59 Å². The fourth-order valence-corrected chi connectivity index (χ4v) is 2.88. The maximum absolute atomic E-state index is 12.5. The summed E-state index contributed by atoms with van der Waals surface area (Å²) in [6.07, 6.45) is 0.933. The molecule has 1 aromatic carbocycles. The second kappa shape index (κ2) is 4.54. The molecule has 1 aromatic rings. The van der Waals surface area contributed by atoms with Crippen molar-refractivity contribution < 1.29 is 19.2 Å². The highest BCUT2D eigenvalue weighted by Crippen LogP contribution is 2.32. The topological polar surface area (TPSA) is 83.6 Å². The van der Waals surface area contributed by atoms with Gasteiger partial charge in [-0.2, -0.15) is 0 Å². The van der Waals surface area contributed by atoms with E-state index in [2.05, 4.69) is 5.32 Å². The lowest BCUT2D eigenvalue weighted by molar-refractivity contribution is -0.132. The van der Waals surface area contributed by atoms with Crippen molar-refractivity contribution in [3.8, 4) is 0 Å². The van der Waals surface area contributed by atoms with Crippen LogP contribution in [0.1, 0.15) is 40.0 Å². The van der Waals surface area contributed by atoms with Crippen molar-refractivity contribution >= 4 is 31.5 Å². The molecule has 2 aliphatic heterocycles. The van der Waals surface area contributed by atoms with Crippen LogP contribution < -0.4 is 5.32 Å². The summed E-state index contributed by atoms with van der Waals surface area (Å²) < 4.78 is 0. The number of rotatable bonds is 1. The van der Waals surface area contributed by atoms with Crippen LogP contribution >= 0.6 is 0 Å². The predicted molar refractivity (Wildman–Crippen MR) is 75.2 cm³/mol. The summed E-state index contributed by atoms with van der Waals surface area (Å²) in [6, 6.07) is 6.48. The van der Waals surface area contributed by atoms with Crippen LogP contribution in [0.3, 0.4) is 0 Å². The molecule has 7 heteroatoms. The van der Waals surface area contributed by atoms with Gasteiger partial charge in [-0.3, -0.25) is 29.4 Å². The average molecular weight is 284 g/mol. The first kappa shape index (κ1) is 13.5. The van der Waals surface area contributed by atoms with Crippen molar-refractivity contribution in [3.63, 3.8) is 0 Å². The van der Waals surface area contributed by atoms with Gasteiger partial charge in [-0.15, -0.1) is 0 Å². The lowest BCUT2D eigenvalue weighted by Gasteiger charge is -2.34. The second-order valence-electron chi connectivity index (χ2n) is 5.50. The zero-order valence-electron chi connectivity index (χ0n) is 11.5. The first-order chi connectivity index (χ1) is 9.95. The third kappa shape index (κ3) is 1.88. The minimum atomic E-state index is -1.33. The number of carbonyl (C=O) groups excluding carboxylic acids is 4. The zero-order valence-corrected chi connectivity index (χ0v) is 11.5. The fraction of sp³-hybridized carbons (Fsp3) is 0.286. The Morgan fingerprint density at radius 1 is 1.05 bits per heavy atom. The first-order valence-electron chi connectivity index (χ1n) is 6.77.